The summed E-state index contributed by atoms with van der Waals surface area (Å²) in [5.74, 6) is -0.614. The molecule has 54 heavy (non-hydrogen) atoms. The molecule has 2 atom stereocenters. The number of benzene rings is 4. The van der Waals surface area contributed by atoms with Crippen molar-refractivity contribution in [3.63, 3.8) is 0 Å². The molecule has 10 nitrogen and oxygen atoms in total. The van der Waals surface area contributed by atoms with Gasteiger partial charge in [-0.25, -0.2) is 0 Å². The number of para-hydroxylation sites is 2. The summed E-state index contributed by atoms with van der Waals surface area (Å²) in [7, 11) is 3.85. The molecule has 272 valence electrons. The Balaban J connectivity index is 0.858. The van der Waals surface area contributed by atoms with E-state index >= 15 is 0 Å². The predicted molar refractivity (Wildman–Crippen MR) is 213 cm³/mol. The molecule has 4 amide bonds. The van der Waals surface area contributed by atoms with E-state index in [1.165, 1.54) is 0 Å². The number of fused-ring (bicyclic) bond motifs is 2. The van der Waals surface area contributed by atoms with Crippen LogP contribution >= 0.6 is 0 Å². The van der Waals surface area contributed by atoms with E-state index in [1.807, 2.05) is 145 Å². The van der Waals surface area contributed by atoms with Crippen molar-refractivity contribution in [2.24, 2.45) is 14.1 Å². The minimum absolute atomic E-state index is 0.120. The highest BCUT2D eigenvalue weighted by atomic mass is 16.2. The lowest BCUT2D eigenvalue weighted by Crippen LogP contribution is -2.43. The number of aryl methyl sites for hydroxylation is 2. The molecule has 0 bridgehead atoms. The molecule has 2 saturated heterocycles. The fourth-order valence-electron chi connectivity index (χ4n) is 7.90. The summed E-state index contributed by atoms with van der Waals surface area (Å²) in [6, 6.07) is 29.7. The van der Waals surface area contributed by atoms with E-state index in [9.17, 15) is 19.2 Å². The molecule has 2 aliphatic rings. The van der Waals surface area contributed by atoms with Crippen molar-refractivity contribution in [3.8, 4) is 0 Å². The van der Waals surface area contributed by atoms with E-state index < -0.39 is 12.1 Å². The lowest BCUT2D eigenvalue weighted by molar-refractivity contribution is -0.120. The first-order valence-corrected chi connectivity index (χ1v) is 18.4. The number of carbonyl (C=O) groups excluding carboxylic acids is 4. The second kappa shape index (κ2) is 14.5. The Labute approximate surface area is 313 Å². The van der Waals surface area contributed by atoms with Crippen LogP contribution in [0.15, 0.2) is 109 Å². The van der Waals surface area contributed by atoms with Gasteiger partial charge in [-0.15, -0.1) is 0 Å². The Bertz CT molecular complexity index is 2250. The first-order chi connectivity index (χ1) is 26.2. The van der Waals surface area contributed by atoms with E-state index in [4.69, 9.17) is 0 Å². The summed E-state index contributed by atoms with van der Waals surface area (Å²) < 4.78 is 3.89. The zero-order chi connectivity index (χ0) is 37.3. The molecule has 2 aliphatic heterocycles. The van der Waals surface area contributed by atoms with Crippen LogP contribution in [0.3, 0.4) is 0 Å². The third-order valence-corrected chi connectivity index (χ3v) is 10.7. The maximum atomic E-state index is 13.6. The lowest BCUT2D eigenvalue weighted by Gasteiger charge is -2.24. The molecule has 6 aromatic rings. The van der Waals surface area contributed by atoms with Gasteiger partial charge in [-0.3, -0.25) is 19.2 Å². The van der Waals surface area contributed by atoms with Gasteiger partial charge >= 0.3 is 0 Å². The molecule has 0 saturated carbocycles. The fourth-order valence-corrected chi connectivity index (χ4v) is 7.90. The van der Waals surface area contributed by atoms with Gasteiger partial charge in [-0.1, -0.05) is 72.8 Å². The third-order valence-electron chi connectivity index (χ3n) is 10.7. The van der Waals surface area contributed by atoms with Crippen molar-refractivity contribution < 1.29 is 19.2 Å². The van der Waals surface area contributed by atoms with E-state index in [1.54, 1.807) is 9.80 Å². The van der Waals surface area contributed by atoms with Crippen LogP contribution in [0.1, 0.15) is 57.5 Å². The number of hydrogen-bond donors (Lipinski definition) is 2. The van der Waals surface area contributed by atoms with Crippen molar-refractivity contribution in [2.45, 2.75) is 37.8 Å². The summed E-state index contributed by atoms with van der Waals surface area (Å²) in [6.45, 7) is 1.09. The summed E-state index contributed by atoms with van der Waals surface area (Å²) >= 11 is 0. The lowest BCUT2D eigenvalue weighted by atomic mass is 10.1. The van der Waals surface area contributed by atoms with Crippen LogP contribution < -0.4 is 10.6 Å². The molecular formula is C44H42N6O4. The molecule has 8 rings (SSSR count). The van der Waals surface area contributed by atoms with Gasteiger partial charge in [0.25, 0.3) is 11.8 Å². The zero-order valence-electron chi connectivity index (χ0n) is 30.4. The summed E-state index contributed by atoms with van der Waals surface area (Å²) in [5.41, 5.74) is 6.44. The normalized spacial score (nSPS) is 17.1. The van der Waals surface area contributed by atoms with Gasteiger partial charge in [-0.05, 0) is 73.2 Å². The number of anilines is 2. The Morgan fingerprint density at radius 1 is 0.556 bits per heavy atom. The summed E-state index contributed by atoms with van der Waals surface area (Å²) in [6.07, 6.45) is 10.5. The third kappa shape index (κ3) is 6.67. The Hall–Kier alpha value is -6.42. The van der Waals surface area contributed by atoms with E-state index in [0.29, 0.717) is 48.4 Å². The van der Waals surface area contributed by atoms with Gasteiger partial charge < -0.3 is 29.6 Å². The minimum atomic E-state index is -0.529. The smallest absolute Gasteiger partial charge is 0.256 e. The van der Waals surface area contributed by atoms with Gasteiger partial charge in [0.1, 0.15) is 12.1 Å². The highest BCUT2D eigenvalue weighted by Crippen LogP contribution is 2.29. The molecule has 2 fully saturated rings. The van der Waals surface area contributed by atoms with Crippen LogP contribution in [-0.2, 0) is 23.7 Å². The van der Waals surface area contributed by atoms with Gasteiger partial charge in [0.05, 0.1) is 11.1 Å². The topological polar surface area (TPSA) is 109 Å². The van der Waals surface area contributed by atoms with Crippen molar-refractivity contribution in [3.05, 3.63) is 132 Å². The van der Waals surface area contributed by atoms with Crippen LogP contribution in [0.2, 0.25) is 0 Å². The second-order valence-electron chi connectivity index (χ2n) is 14.2. The quantitative estimate of drug-likeness (QED) is 0.161. The summed E-state index contributed by atoms with van der Waals surface area (Å²) in [4.78, 5) is 57.3. The van der Waals surface area contributed by atoms with E-state index in [-0.39, 0.29) is 23.6 Å². The van der Waals surface area contributed by atoms with Gasteiger partial charge in [0.15, 0.2) is 0 Å². The number of nitrogens with one attached hydrogen (secondary N) is 2. The highest BCUT2D eigenvalue weighted by Gasteiger charge is 2.37. The molecule has 4 aromatic carbocycles. The van der Waals surface area contributed by atoms with Gasteiger partial charge in [0, 0.05) is 72.8 Å². The second-order valence-corrected chi connectivity index (χ2v) is 14.2. The number of likely N-dealkylation sites (tertiary alicyclic amines) is 2. The summed E-state index contributed by atoms with van der Waals surface area (Å²) in [5, 5.41) is 7.80. The van der Waals surface area contributed by atoms with E-state index in [2.05, 4.69) is 10.6 Å². The standard InChI is InChI=1S/C44H42N6O4/c1-47-27-35(33-9-3-5-11-37(33)47)43(53)49-25-7-13-39(49)41(51)45-31-21-17-29(18-22-31)15-16-30-19-23-32(24-20-30)46-42(52)40-14-8-26-50(40)44(54)36-28-48(2)38-12-6-4-10-34(36)38/h3-6,9-12,15-24,27-28,39-40H,7-8,13-14,25-26H2,1-2H3,(H,45,51)(H,46,52)/t39-,40-/m0/s1. The molecule has 4 heterocycles. The SMILES string of the molecule is Cn1cc(C(=O)N2CCC[C@H]2C(=O)Nc2ccc(C=Cc3ccc(NC(=O)[C@@H]4CCCN4C(=O)c4cn(C)c5ccccc45)cc3)cc2)c2ccccc21. The number of carbonyl (C=O) groups is 4. The van der Waals surface area contributed by atoms with Gasteiger partial charge in [0.2, 0.25) is 11.8 Å². The van der Waals surface area contributed by atoms with E-state index in [0.717, 1.165) is 45.8 Å². The molecule has 0 radical (unpaired) electrons. The maximum Gasteiger partial charge on any atom is 0.256 e. The first kappa shape index (κ1) is 34.7. The Kier molecular flexibility index (Phi) is 9.33. The number of aromatic nitrogens is 2. The fraction of sp³-hybridized carbons (Fsp3) is 0.227. The van der Waals surface area contributed by atoms with Crippen molar-refractivity contribution in [1.82, 2.24) is 18.9 Å². The largest absolute Gasteiger partial charge is 0.350 e. The molecule has 0 aliphatic carbocycles. The number of nitrogens with zero attached hydrogens (tertiary/aromatic N) is 4. The molecule has 0 spiro atoms. The highest BCUT2D eigenvalue weighted by molar-refractivity contribution is 6.10. The van der Waals surface area contributed by atoms with Crippen LogP contribution in [0.4, 0.5) is 11.4 Å². The van der Waals surface area contributed by atoms with Crippen LogP contribution in [-0.4, -0.2) is 67.7 Å². The molecular weight excluding hydrogens is 677 g/mol. The Morgan fingerprint density at radius 3 is 1.35 bits per heavy atom. The molecule has 0 unspecified atom stereocenters. The minimum Gasteiger partial charge on any atom is -0.350 e. The molecule has 2 N–H and O–H groups in total. The van der Waals surface area contributed by atoms with Crippen LogP contribution in [0.25, 0.3) is 34.0 Å². The average Bonchev–Trinajstić information content (AvgIpc) is 4.01. The number of hydrogen-bond acceptors (Lipinski definition) is 4. The molecule has 10 heteroatoms. The van der Waals surface area contributed by atoms with Crippen molar-refractivity contribution in [2.75, 3.05) is 23.7 Å². The molecule has 2 aromatic heterocycles. The Morgan fingerprint density at radius 2 is 0.944 bits per heavy atom. The monoisotopic (exact) mass is 718 g/mol. The number of amides is 4. The average molecular weight is 719 g/mol. The van der Waals surface area contributed by atoms with Crippen LogP contribution in [0.5, 0.6) is 0 Å². The van der Waals surface area contributed by atoms with Crippen molar-refractivity contribution >= 4 is 69.0 Å². The van der Waals surface area contributed by atoms with Gasteiger partial charge in [-0.2, -0.15) is 0 Å². The zero-order valence-corrected chi connectivity index (χ0v) is 30.4. The maximum absolute atomic E-state index is 13.6. The van der Waals surface area contributed by atoms with Crippen molar-refractivity contribution in [1.29, 1.82) is 0 Å². The number of rotatable bonds is 8. The first-order valence-electron chi connectivity index (χ1n) is 18.4. The van der Waals surface area contributed by atoms with Crippen LogP contribution in [0, 0.1) is 0 Å². The predicted octanol–water partition coefficient (Wildman–Crippen LogP) is 7.33.